The summed E-state index contributed by atoms with van der Waals surface area (Å²) in [5, 5.41) is 1.06. The average Bonchev–Trinajstić information content (AvgIpc) is 3.22. The van der Waals surface area contributed by atoms with E-state index in [0.717, 1.165) is 17.2 Å². The summed E-state index contributed by atoms with van der Waals surface area (Å²) in [6, 6.07) is 21.8. The molecule has 3 unspecified atom stereocenters. The van der Waals surface area contributed by atoms with Crippen molar-refractivity contribution >= 4 is 15.9 Å². The zero-order valence-corrected chi connectivity index (χ0v) is 11.9. The third-order valence-electron chi connectivity index (χ3n) is 3.98. The highest BCUT2D eigenvalue weighted by Crippen LogP contribution is 2.55. The summed E-state index contributed by atoms with van der Waals surface area (Å²) >= 11 is 3.69. The van der Waals surface area contributed by atoms with E-state index in [9.17, 15) is 0 Å². The van der Waals surface area contributed by atoms with Crippen LogP contribution in [0, 0.1) is 5.92 Å². The van der Waals surface area contributed by atoms with Gasteiger partial charge < -0.3 is 0 Å². The molecule has 0 spiro atoms. The van der Waals surface area contributed by atoms with Crippen LogP contribution in [0.1, 0.15) is 29.4 Å². The van der Waals surface area contributed by atoms with Gasteiger partial charge in [0.05, 0.1) is 0 Å². The standard InChI is InChI=1S/C17H17Br/c18-12-17(14-9-5-2-6-10-14)16-11-15(16)13-7-3-1-4-8-13/h1-10,15-17H,11-12H2. The molecule has 0 bridgehead atoms. The van der Waals surface area contributed by atoms with Crippen molar-refractivity contribution in [2.75, 3.05) is 5.33 Å². The van der Waals surface area contributed by atoms with Crippen LogP contribution in [0.5, 0.6) is 0 Å². The molecule has 0 saturated heterocycles. The van der Waals surface area contributed by atoms with Gasteiger partial charge in [-0.2, -0.15) is 0 Å². The first-order chi connectivity index (χ1) is 8.90. The number of hydrogen-bond acceptors (Lipinski definition) is 0. The van der Waals surface area contributed by atoms with Gasteiger partial charge in [0.25, 0.3) is 0 Å². The molecule has 0 N–H and O–H groups in total. The molecule has 18 heavy (non-hydrogen) atoms. The Kier molecular flexibility index (Phi) is 3.51. The third kappa shape index (κ3) is 2.37. The van der Waals surface area contributed by atoms with Gasteiger partial charge in [-0.25, -0.2) is 0 Å². The van der Waals surface area contributed by atoms with Crippen LogP contribution < -0.4 is 0 Å². The minimum atomic E-state index is 0.649. The first-order valence-corrected chi connectivity index (χ1v) is 7.68. The molecule has 1 aliphatic rings. The lowest BCUT2D eigenvalue weighted by atomic mass is 9.93. The van der Waals surface area contributed by atoms with E-state index in [1.165, 1.54) is 17.5 Å². The predicted molar refractivity (Wildman–Crippen MR) is 80.3 cm³/mol. The van der Waals surface area contributed by atoms with E-state index < -0.39 is 0 Å². The van der Waals surface area contributed by atoms with E-state index in [1.54, 1.807) is 0 Å². The number of rotatable bonds is 4. The Morgan fingerprint density at radius 3 is 2.17 bits per heavy atom. The molecule has 2 aromatic rings. The molecule has 0 nitrogen and oxygen atoms in total. The second-order valence-corrected chi connectivity index (χ2v) is 5.74. The van der Waals surface area contributed by atoms with Gasteiger partial charge in [0, 0.05) is 5.33 Å². The van der Waals surface area contributed by atoms with Crippen LogP contribution in [-0.4, -0.2) is 5.33 Å². The van der Waals surface area contributed by atoms with Gasteiger partial charge in [0.1, 0.15) is 0 Å². The summed E-state index contributed by atoms with van der Waals surface area (Å²) < 4.78 is 0. The normalized spacial score (nSPS) is 23.6. The largest absolute Gasteiger partial charge is 0.0921 e. The van der Waals surface area contributed by atoms with E-state index in [0.29, 0.717) is 5.92 Å². The quantitative estimate of drug-likeness (QED) is 0.699. The second-order valence-electron chi connectivity index (χ2n) is 5.09. The van der Waals surface area contributed by atoms with Crippen LogP contribution in [-0.2, 0) is 0 Å². The number of alkyl halides is 1. The third-order valence-corrected chi connectivity index (χ3v) is 4.68. The van der Waals surface area contributed by atoms with Gasteiger partial charge in [0.2, 0.25) is 0 Å². The fraction of sp³-hybridized carbons (Fsp3) is 0.294. The first-order valence-electron chi connectivity index (χ1n) is 6.56. The SMILES string of the molecule is BrCC(c1ccccc1)C1CC1c1ccccc1. The van der Waals surface area contributed by atoms with Crippen LogP contribution in [0.15, 0.2) is 60.7 Å². The Morgan fingerprint density at radius 1 is 0.944 bits per heavy atom. The Bertz CT molecular complexity index is 492. The van der Waals surface area contributed by atoms with E-state index in [1.807, 2.05) is 0 Å². The summed E-state index contributed by atoms with van der Waals surface area (Å²) in [5.41, 5.74) is 2.97. The molecular weight excluding hydrogens is 284 g/mol. The fourth-order valence-electron chi connectivity index (χ4n) is 2.89. The molecule has 0 heterocycles. The van der Waals surface area contributed by atoms with Crippen LogP contribution in [0.2, 0.25) is 0 Å². The summed E-state index contributed by atoms with van der Waals surface area (Å²) in [7, 11) is 0. The lowest BCUT2D eigenvalue weighted by Gasteiger charge is -2.14. The van der Waals surface area contributed by atoms with Gasteiger partial charge in [-0.3, -0.25) is 0 Å². The van der Waals surface area contributed by atoms with Crippen molar-refractivity contribution in [1.29, 1.82) is 0 Å². The molecular formula is C17H17Br. The lowest BCUT2D eigenvalue weighted by molar-refractivity contribution is 0.656. The van der Waals surface area contributed by atoms with Crippen LogP contribution in [0.4, 0.5) is 0 Å². The predicted octanol–water partition coefficient (Wildman–Crippen LogP) is 4.97. The van der Waals surface area contributed by atoms with E-state index in [4.69, 9.17) is 0 Å². The van der Waals surface area contributed by atoms with Gasteiger partial charge in [-0.05, 0) is 35.3 Å². The van der Waals surface area contributed by atoms with Gasteiger partial charge >= 0.3 is 0 Å². The topological polar surface area (TPSA) is 0 Å². The van der Waals surface area contributed by atoms with Crippen LogP contribution in [0.3, 0.4) is 0 Å². The molecule has 1 saturated carbocycles. The average molecular weight is 301 g/mol. The zero-order chi connectivity index (χ0) is 12.4. The van der Waals surface area contributed by atoms with Crippen molar-refractivity contribution in [2.24, 2.45) is 5.92 Å². The highest BCUT2D eigenvalue weighted by atomic mass is 79.9. The molecule has 3 atom stereocenters. The molecule has 0 aliphatic heterocycles. The van der Waals surface area contributed by atoms with Crippen LogP contribution in [0.25, 0.3) is 0 Å². The maximum atomic E-state index is 3.69. The highest BCUT2D eigenvalue weighted by molar-refractivity contribution is 9.09. The zero-order valence-electron chi connectivity index (χ0n) is 10.3. The number of hydrogen-bond donors (Lipinski definition) is 0. The Balaban J connectivity index is 1.77. The molecule has 1 aliphatic carbocycles. The summed E-state index contributed by atoms with van der Waals surface area (Å²) in [6.45, 7) is 0. The van der Waals surface area contributed by atoms with Crippen molar-refractivity contribution < 1.29 is 0 Å². The van der Waals surface area contributed by atoms with Gasteiger partial charge in [-0.15, -0.1) is 0 Å². The number of halogens is 1. The molecule has 1 fully saturated rings. The first kappa shape index (κ1) is 12.0. The summed E-state index contributed by atoms with van der Waals surface area (Å²) in [6.07, 6.45) is 1.33. The van der Waals surface area contributed by atoms with Gasteiger partial charge in [0.15, 0.2) is 0 Å². The molecule has 1 heteroatoms. The van der Waals surface area contributed by atoms with Crippen molar-refractivity contribution in [2.45, 2.75) is 18.3 Å². The molecule has 3 rings (SSSR count). The molecule has 92 valence electrons. The summed E-state index contributed by atoms with van der Waals surface area (Å²) in [4.78, 5) is 0. The smallest absolute Gasteiger partial charge is 0.0103 e. The maximum Gasteiger partial charge on any atom is 0.0103 e. The maximum absolute atomic E-state index is 3.69. The van der Waals surface area contributed by atoms with E-state index in [-0.39, 0.29) is 0 Å². The highest BCUT2D eigenvalue weighted by Gasteiger charge is 2.43. The Morgan fingerprint density at radius 2 is 1.56 bits per heavy atom. The fourth-order valence-corrected chi connectivity index (χ4v) is 3.75. The van der Waals surface area contributed by atoms with Crippen molar-refractivity contribution in [3.63, 3.8) is 0 Å². The molecule has 0 aromatic heterocycles. The summed E-state index contributed by atoms with van der Waals surface area (Å²) in [5.74, 6) is 2.21. The lowest BCUT2D eigenvalue weighted by Crippen LogP contribution is -2.04. The second kappa shape index (κ2) is 5.27. The minimum Gasteiger partial charge on any atom is -0.0921 e. The van der Waals surface area contributed by atoms with Crippen LogP contribution >= 0.6 is 15.9 Å². The van der Waals surface area contributed by atoms with Crippen molar-refractivity contribution in [1.82, 2.24) is 0 Å². The van der Waals surface area contributed by atoms with E-state index in [2.05, 4.69) is 76.6 Å². The molecule has 0 radical (unpaired) electrons. The van der Waals surface area contributed by atoms with Gasteiger partial charge in [-0.1, -0.05) is 76.6 Å². The minimum absolute atomic E-state index is 0.649. The van der Waals surface area contributed by atoms with Crippen molar-refractivity contribution in [3.8, 4) is 0 Å². The Hall–Kier alpha value is -1.08. The molecule has 2 aromatic carbocycles. The molecule has 0 amide bonds. The number of benzene rings is 2. The Labute approximate surface area is 117 Å². The van der Waals surface area contributed by atoms with Crippen molar-refractivity contribution in [3.05, 3.63) is 71.8 Å². The van der Waals surface area contributed by atoms with E-state index >= 15 is 0 Å². The monoisotopic (exact) mass is 300 g/mol.